The Bertz CT molecular complexity index is 433. The van der Waals surface area contributed by atoms with E-state index in [9.17, 15) is 0 Å². The first kappa shape index (κ1) is 15.7. The minimum atomic E-state index is 0.563. The van der Waals surface area contributed by atoms with Gasteiger partial charge in [0.05, 0.1) is 10.0 Å². The fourth-order valence-electron chi connectivity index (χ4n) is 2.30. The summed E-state index contributed by atoms with van der Waals surface area (Å²) in [5.74, 6) is 1.40. The van der Waals surface area contributed by atoms with E-state index in [4.69, 9.17) is 23.2 Å². The van der Waals surface area contributed by atoms with Crippen LogP contribution >= 0.6 is 23.2 Å². The lowest BCUT2D eigenvalue weighted by molar-refractivity contribution is 0.352. The third-order valence-electron chi connectivity index (χ3n) is 3.39. The lowest BCUT2D eigenvalue weighted by Gasteiger charge is -2.16. The molecule has 0 aromatic carbocycles. The molecule has 1 fully saturated rings. The first-order valence-electron chi connectivity index (χ1n) is 7.27. The van der Waals surface area contributed by atoms with Gasteiger partial charge in [-0.05, 0) is 38.4 Å². The van der Waals surface area contributed by atoms with Crippen LogP contribution in [-0.2, 0) is 0 Å². The van der Waals surface area contributed by atoms with Crippen molar-refractivity contribution in [3.05, 3.63) is 16.1 Å². The molecule has 0 bridgehead atoms. The van der Waals surface area contributed by atoms with Crippen LogP contribution < -0.4 is 10.6 Å². The van der Waals surface area contributed by atoms with Crippen molar-refractivity contribution in [3.8, 4) is 0 Å². The highest BCUT2D eigenvalue weighted by atomic mass is 35.5. The van der Waals surface area contributed by atoms with Crippen LogP contribution in [0.25, 0.3) is 0 Å². The van der Waals surface area contributed by atoms with Crippen LogP contribution in [0.5, 0.6) is 0 Å². The molecule has 2 rings (SSSR count). The minimum Gasteiger partial charge on any atom is -0.369 e. The van der Waals surface area contributed by atoms with E-state index >= 15 is 0 Å². The molecule has 1 aliphatic rings. The summed E-state index contributed by atoms with van der Waals surface area (Å²) in [7, 11) is 0. The van der Waals surface area contributed by atoms with Crippen molar-refractivity contribution in [1.29, 1.82) is 0 Å². The predicted octanol–water partition coefficient (Wildman–Crippen LogP) is 3.72. The van der Waals surface area contributed by atoms with E-state index in [1.54, 1.807) is 6.07 Å². The Morgan fingerprint density at radius 3 is 2.30 bits per heavy atom. The van der Waals surface area contributed by atoms with E-state index in [0.717, 1.165) is 26.1 Å². The molecule has 4 nitrogen and oxygen atoms in total. The van der Waals surface area contributed by atoms with E-state index in [2.05, 4.69) is 27.4 Å². The highest BCUT2D eigenvalue weighted by Gasteiger charge is 2.12. The Hall–Kier alpha value is -0.710. The summed E-state index contributed by atoms with van der Waals surface area (Å²) in [6.45, 7) is 7.23. The number of halogens is 2. The second kappa shape index (κ2) is 7.91. The molecular weight excluding hydrogens is 295 g/mol. The summed E-state index contributed by atoms with van der Waals surface area (Å²) in [6, 6.07) is 1.74. The van der Waals surface area contributed by atoms with Gasteiger partial charge in [-0.3, -0.25) is 0 Å². The molecule has 2 N–H and O–H groups in total. The Labute approximate surface area is 130 Å². The normalized spacial score (nSPS) is 15.6. The van der Waals surface area contributed by atoms with Gasteiger partial charge in [0.2, 0.25) is 0 Å². The van der Waals surface area contributed by atoms with Gasteiger partial charge in [-0.25, -0.2) is 4.98 Å². The molecule has 0 spiro atoms. The maximum Gasteiger partial charge on any atom is 0.147 e. The number of anilines is 2. The van der Waals surface area contributed by atoms with E-state index < -0.39 is 0 Å². The van der Waals surface area contributed by atoms with Gasteiger partial charge in [0.25, 0.3) is 0 Å². The number of nitrogens with zero attached hydrogens (tertiary/aromatic N) is 2. The zero-order valence-corrected chi connectivity index (χ0v) is 13.4. The number of aromatic nitrogens is 1. The van der Waals surface area contributed by atoms with Gasteiger partial charge in [0.15, 0.2) is 0 Å². The van der Waals surface area contributed by atoms with Crippen LogP contribution in [0, 0.1) is 0 Å². The molecular formula is C14H22Cl2N4. The van der Waals surface area contributed by atoms with Gasteiger partial charge < -0.3 is 15.5 Å². The number of nitrogens with one attached hydrogen (secondary N) is 2. The van der Waals surface area contributed by atoms with Crippen molar-refractivity contribution in [2.75, 3.05) is 43.4 Å². The summed E-state index contributed by atoms with van der Waals surface area (Å²) in [5.41, 5.74) is 0. The highest BCUT2D eigenvalue weighted by Crippen LogP contribution is 2.29. The molecule has 0 saturated carbocycles. The Balaban J connectivity index is 1.91. The van der Waals surface area contributed by atoms with Crippen LogP contribution in [-0.4, -0.2) is 42.6 Å². The topological polar surface area (TPSA) is 40.2 Å². The highest BCUT2D eigenvalue weighted by molar-refractivity contribution is 6.37. The molecule has 0 radical (unpaired) electrons. The molecule has 0 atom stereocenters. The smallest absolute Gasteiger partial charge is 0.147 e. The largest absolute Gasteiger partial charge is 0.369 e. The fraction of sp³-hybridized carbons (Fsp3) is 0.643. The number of hydrogen-bond donors (Lipinski definition) is 2. The molecule has 1 aromatic rings. The van der Waals surface area contributed by atoms with Crippen molar-refractivity contribution >= 4 is 34.8 Å². The second-order valence-electron chi connectivity index (χ2n) is 5.05. The molecule has 112 valence electrons. The fourth-order valence-corrected chi connectivity index (χ4v) is 2.79. The van der Waals surface area contributed by atoms with E-state index in [1.165, 1.54) is 25.9 Å². The number of pyridine rings is 1. The SMILES string of the molecule is CCCNc1nc(NCCN2CCCC2)c(Cl)cc1Cl. The molecule has 1 aromatic heterocycles. The third kappa shape index (κ3) is 4.40. The molecule has 1 saturated heterocycles. The summed E-state index contributed by atoms with van der Waals surface area (Å²) >= 11 is 12.3. The first-order chi connectivity index (χ1) is 9.70. The van der Waals surface area contributed by atoms with E-state index in [-0.39, 0.29) is 0 Å². The average Bonchev–Trinajstić information content (AvgIpc) is 2.93. The minimum absolute atomic E-state index is 0.563. The van der Waals surface area contributed by atoms with Crippen molar-refractivity contribution in [1.82, 2.24) is 9.88 Å². The Kier molecular flexibility index (Phi) is 6.20. The van der Waals surface area contributed by atoms with Crippen molar-refractivity contribution < 1.29 is 0 Å². The van der Waals surface area contributed by atoms with Crippen LogP contribution in [0.2, 0.25) is 10.0 Å². The zero-order valence-electron chi connectivity index (χ0n) is 11.9. The van der Waals surface area contributed by atoms with E-state index in [0.29, 0.717) is 21.7 Å². The number of rotatable bonds is 7. The summed E-state index contributed by atoms with van der Waals surface area (Å²) in [5, 5.41) is 7.64. The first-order valence-corrected chi connectivity index (χ1v) is 8.02. The molecule has 0 unspecified atom stereocenters. The van der Waals surface area contributed by atoms with Gasteiger partial charge in [-0.2, -0.15) is 0 Å². The molecule has 1 aliphatic heterocycles. The molecule has 0 amide bonds. The molecule has 6 heteroatoms. The lowest BCUT2D eigenvalue weighted by atomic mass is 10.4. The Morgan fingerprint density at radius 1 is 1.10 bits per heavy atom. The molecule has 0 aliphatic carbocycles. The number of likely N-dealkylation sites (tertiary alicyclic amines) is 1. The van der Waals surface area contributed by atoms with Gasteiger partial charge in [-0.15, -0.1) is 0 Å². The van der Waals surface area contributed by atoms with Gasteiger partial charge in [0, 0.05) is 19.6 Å². The zero-order chi connectivity index (χ0) is 14.4. The van der Waals surface area contributed by atoms with Crippen LogP contribution in [0.1, 0.15) is 26.2 Å². The predicted molar refractivity (Wildman–Crippen MR) is 87.2 cm³/mol. The van der Waals surface area contributed by atoms with Gasteiger partial charge in [-0.1, -0.05) is 30.1 Å². The maximum absolute atomic E-state index is 6.18. The monoisotopic (exact) mass is 316 g/mol. The standard InChI is InChI=1S/C14H22Cl2N4/c1-2-5-17-13-11(15)10-12(16)14(19-13)18-6-9-20-7-3-4-8-20/h10H,2-9H2,1H3,(H2,17,18,19). The third-order valence-corrected chi connectivity index (χ3v) is 3.97. The summed E-state index contributed by atoms with van der Waals surface area (Å²) in [4.78, 5) is 6.92. The molecule has 20 heavy (non-hydrogen) atoms. The summed E-state index contributed by atoms with van der Waals surface area (Å²) < 4.78 is 0. The maximum atomic E-state index is 6.18. The Morgan fingerprint density at radius 2 is 1.70 bits per heavy atom. The van der Waals surface area contributed by atoms with Crippen LogP contribution in [0.15, 0.2) is 6.07 Å². The quantitative estimate of drug-likeness (QED) is 0.804. The summed E-state index contributed by atoms with van der Waals surface area (Å²) in [6.07, 6.45) is 3.65. The van der Waals surface area contributed by atoms with Crippen LogP contribution in [0.3, 0.4) is 0 Å². The van der Waals surface area contributed by atoms with Crippen LogP contribution in [0.4, 0.5) is 11.6 Å². The lowest BCUT2D eigenvalue weighted by Crippen LogP contribution is -2.26. The van der Waals surface area contributed by atoms with Crippen molar-refractivity contribution in [2.45, 2.75) is 26.2 Å². The average molecular weight is 317 g/mol. The molecule has 2 heterocycles. The van der Waals surface area contributed by atoms with Crippen molar-refractivity contribution in [3.63, 3.8) is 0 Å². The van der Waals surface area contributed by atoms with Crippen molar-refractivity contribution in [2.24, 2.45) is 0 Å². The van der Waals surface area contributed by atoms with Gasteiger partial charge >= 0.3 is 0 Å². The van der Waals surface area contributed by atoms with Gasteiger partial charge in [0.1, 0.15) is 11.6 Å². The second-order valence-corrected chi connectivity index (χ2v) is 5.87. The van der Waals surface area contributed by atoms with E-state index in [1.807, 2.05) is 0 Å². The number of hydrogen-bond acceptors (Lipinski definition) is 4.